The normalized spacial score (nSPS) is 31.2. The number of hydrogen-bond donors (Lipinski definition) is 1. The molecule has 0 aromatic heterocycles. The molecule has 3 rings (SSSR count). The van der Waals surface area contributed by atoms with Gasteiger partial charge in [0.15, 0.2) is 0 Å². The summed E-state index contributed by atoms with van der Waals surface area (Å²) in [7, 11) is 2.33. The highest BCUT2D eigenvalue weighted by molar-refractivity contribution is 5.32. The molecule has 0 bridgehead atoms. The number of likely N-dealkylation sites (N-methyl/N-ethyl adjacent to an activating group) is 1. The van der Waals surface area contributed by atoms with Gasteiger partial charge in [-0.3, -0.25) is 4.90 Å². The molecule has 1 aliphatic heterocycles. The van der Waals surface area contributed by atoms with Crippen molar-refractivity contribution < 1.29 is 0 Å². The minimum atomic E-state index is 0.556. The second kappa shape index (κ2) is 5.64. The summed E-state index contributed by atoms with van der Waals surface area (Å²) in [5.41, 5.74) is 3.02. The number of rotatable bonds is 2. The van der Waals surface area contributed by atoms with E-state index in [1.807, 2.05) is 0 Å². The van der Waals surface area contributed by atoms with E-state index in [9.17, 15) is 0 Å². The van der Waals surface area contributed by atoms with Crippen molar-refractivity contribution in [3.05, 3.63) is 35.4 Å². The monoisotopic (exact) mass is 258 g/mol. The molecule has 0 amide bonds. The lowest BCUT2D eigenvalue weighted by Crippen LogP contribution is -2.44. The average molecular weight is 258 g/mol. The summed E-state index contributed by atoms with van der Waals surface area (Å²) in [4.78, 5) is 2.64. The fraction of sp³-hybridized carbons (Fsp3) is 0.647. The highest BCUT2D eigenvalue weighted by Crippen LogP contribution is 2.33. The zero-order valence-electron chi connectivity index (χ0n) is 12.2. The molecule has 2 nitrogen and oxygen atoms in total. The Hall–Kier alpha value is -0.860. The van der Waals surface area contributed by atoms with E-state index >= 15 is 0 Å². The van der Waals surface area contributed by atoms with Crippen LogP contribution in [0.4, 0.5) is 0 Å². The van der Waals surface area contributed by atoms with Gasteiger partial charge in [0.25, 0.3) is 0 Å². The van der Waals surface area contributed by atoms with Crippen LogP contribution in [0, 0.1) is 5.92 Å². The minimum Gasteiger partial charge on any atom is -0.311 e. The van der Waals surface area contributed by atoms with E-state index in [1.165, 1.54) is 31.2 Å². The van der Waals surface area contributed by atoms with E-state index < -0.39 is 0 Å². The molecule has 19 heavy (non-hydrogen) atoms. The van der Waals surface area contributed by atoms with Crippen molar-refractivity contribution in [1.29, 1.82) is 0 Å². The summed E-state index contributed by atoms with van der Waals surface area (Å²) < 4.78 is 0. The topological polar surface area (TPSA) is 15.3 Å². The Morgan fingerprint density at radius 2 is 2.05 bits per heavy atom. The first-order chi connectivity index (χ1) is 9.25. The third-order valence-electron chi connectivity index (χ3n) is 5.04. The van der Waals surface area contributed by atoms with E-state index in [2.05, 4.69) is 48.5 Å². The molecule has 1 aromatic rings. The van der Waals surface area contributed by atoms with Crippen LogP contribution in [-0.2, 0) is 6.54 Å². The van der Waals surface area contributed by atoms with Crippen molar-refractivity contribution in [2.45, 2.75) is 51.2 Å². The van der Waals surface area contributed by atoms with Crippen LogP contribution >= 0.6 is 0 Å². The predicted molar refractivity (Wildman–Crippen MR) is 80.1 cm³/mol. The Bertz CT molecular complexity index is 429. The summed E-state index contributed by atoms with van der Waals surface area (Å²) in [6.45, 7) is 4.53. The maximum absolute atomic E-state index is 3.58. The fourth-order valence-corrected chi connectivity index (χ4v) is 3.86. The molecule has 1 aromatic carbocycles. The third kappa shape index (κ3) is 2.70. The molecule has 3 unspecified atom stereocenters. The van der Waals surface area contributed by atoms with Crippen LogP contribution in [0.15, 0.2) is 24.3 Å². The predicted octanol–water partition coefficient (Wildman–Crippen LogP) is 3.34. The Labute approximate surface area is 117 Å². The Morgan fingerprint density at radius 1 is 1.21 bits per heavy atom. The van der Waals surface area contributed by atoms with Crippen LogP contribution in [0.25, 0.3) is 0 Å². The first-order valence-electron chi connectivity index (χ1n) is 7.76. The second-order valence-corrected chi connectivity index (χ2v) is 6.44. The van der Waals surface area contributed by atoms with E-state index in [4.69, 9.17) is 0 Å². The van der Waals surface area contributed by atoms with Crippen LogP contribution in [0.5, 0.6) is 0 Å². The van der Waals surface area contributed by atoms with E-state index in [0.717, 1.165) is 25.0 Å². The lowest BCUT2D eigenvalue weighted by Gasteiger charge is -2.41. The zero-order chi connectivity index (χ0) is 13.2. The molecule has 3 atom stereocenters. The molecular formula is C17H26N2. The molecular weight excluding hydrogens is 232 g/mol. The number of fused-ring (bicyclic) bond motifs is 1. The molecule has 1 fully saturated rings. The van der Waals surface area contributed by atoms with Crippen molar-refractivity contribution in [2.75, 3.05) is 13.6 Å². The summed E-state index contributed by atoms with van der Waals surface area (Å²) in [5.74, 6) is 0.896. The Morgan fingerprint density at radius 3 is 2.89 bits per heavy atom. The maximum atomic E-state index is 3.58. The average Bonchev–Trinajstić information content (AvgIpc) is 2.46. The molecule has 0 radical (unpaired) electrons. The highest BCUT2D eigenvalue weighted by atomic mass is 15.2. The summed E-state index contributed by atoms with van der Waals surface area (Å²) in [5, 5.41) is 3.58. The number of benzene rings is 1. The number of hydrogen-bond acceptors (Lipinski definition) is 2. The molecule has 2 heteroatoms. The molecule has 1 heterocycles. The SMILES string of the molecule is CC1CCCC(N(C)C2CNCc3ccccc32)C1. The number of nitrogens with zero attached hydrogens (tertiary/aromatic N) is 1. The van der Waals surface area contributed by atoms with Gasteiger partial charge in [-0.05, 0) is 36.9 Å². The maximum Gasteiger partial charge on any atom is 0.0475 e. The van der Waals surface area contributed by atoms with Crippen LogP contribution in [0.1, 0.15) is 49.8 Å². The molecule has 0 saturated heterocycles. The van der Waals surface area contributed by atoms with Crippen molar-refractivity contribution >= 4 is 0 Å². The first kappa shape index (κ1) is 13.1. The standard InChI is InChI=1S/C17H26N2/c1-13-6-5-8-15(10-13)19(2)17-12-18-11-14-7-3-4-9-16(14)17/h3-4,7,9,13,15,17-18H,5-6,8,10-12H2,1-2H3. The lowest BCUT2D eigenvalue weighted by atomic mass is 9.84. The van der Waals surface area contributed by atoms with Crippen LogP contribution in [0.2, 0.25) is 0 Å². The van der Waals surface area contributed by atoms with Gasteiger partial charge in [-0.2, -0.15) is 0 Å². The van der Waals surface area contributed by atoms with Crippen LogP contribution in [0.3, 0.4) is 0 Å². The fourth-order valence-electron chi connectivity index (χ4n) is 3.86. The third-order valence-corrected chi connectivity index (χ3v) is 5.04. The highest BCUT2D eigenvalue weighted by Gasteiger charge is 2.30. The quantitative estimate of drug-likeness (QED) is 0.875. The van der Waals surface area contributed by atoms with Crippen molar-refractivity contribution in [2.24, 2.45) is 5.92 Å². The Balaban J connectivity index is 1.79. The molecule has 1 aliphatic carbocycles. The summed E-state index contributed by atoms with van der Waals surface area (Å²) in [6, 6.07) is 10.3. The molecule has 1 saturated carbocycles. The molecule has 104 valence electrons. The first-order valence-corrected chi connectivity index (χ1v) is 7.76. The van der Waals surface area contributed by atoms with Crippen molar-refractivity contribution in [3.8, 4) is 0 Å². The second-order valence-electron chi connectivity index (χ2n) is 6.44. The van der Waals surface area contributed by atoms with Gasteiger partial charge < -0.3 is 5.32 Å². The molecule has 0 spiro atoms. The van der Waals surface area contributed by atoms with Gasteiger partial charge in [0, 0.05) is 25.2 Å². The van der Waals surface area contributed by atoms with E-state index in [-0.39, 0.29) is 0 Å². The van der Waals surface area contributed by atoms with Gasteiger partial charge in [-0.25, -0.2) is 0 Å². The van der Waals surface area contributed by atoms with Gasteiger partial charge in [-0.15, -0.1) is 0 Å². The minimum absolute atomic E-state index is 0.556. The van der Waals surface area contributed by atoms with Gasteiger partial charge >= 0.3 is 0 Å². The molecule has 2 aliphatic rings. The van der Waals surface area contributed by atoms with Gasteiger partial charge in [0.1, 0.15) is 0 Å². The lowest BCUT2D eigenvalue weighted by molar-refractivity contribution is 0.112. The number of nitrogens with one attached hydrogen (secondary N) is 1. The summed E-state index contributed by atoms with van der Waals surface area (Å²) >= 11 is 0. The van der Waals surface area contributed by atoms with Crippen molar-refractivity contribution in [1.82, 2.24) is 10.2 Å². The zero-order valence-corrected chi connectivity index (χ0v) is 12.2. The Kier molecular flexibility index (Phi) is 3.90. The largest absolute Gasteiger partial charge is 0.311 e. The van der Waals surface area contributed by atoms with Gasteiger partial charge in [0.05, 0.1) is 0 Å². The van der Waals surface area contributed by atoms with Crippen LogP contribution in [-0.4, -0.2) is 24.5 Å². The van der Waals surface area contributed by atoms with Gasteiger partial charge in [-0.1, -0.05) is 44.0 Å². The van der Waals surface area contributed by atoms with E-state index in [0.29, 0.717) is 6.04 Å². The van der Waals surface area contributed by atoms with Crippen LogP contribution < -0.4 is 5.32 Å². The summed E-state index contributed by atoms with van der Waals surface area (Å²) in [6.07, 6.45) is 5.57. The van der Waals surface area contributed by atoms with Gasteiger partial charge in [0.2, 0.25) is 0 Å². The smallest absolute Gasteiger partial charge is 0.0475 e. The molecule has 1 N–H and O–H groups in total. The van der Waals surface area contributed by atoms with E-state index in [1.54, 1.807) is 5.56 Å². The van der Waals surface area contributed by atoms with Crippen molar-refractivity contribution in [3.63, 3.8) is 0 Å².